The molecule has 6 rings (SSSR count). The smallest absolute Gasteiger partial charge is 0.0547 e. The Balaban J connectivity index is 1.77. The average Bonchev–Trinajstić information content (AvgIpc) is 3.22. The van der Waals surface area contributed by atoms with Gasteiger partial charge in [0.1, 0.15) is 0 Å². The van der Waals surface area contributed by atoms with E-state index in [1.54, 1.807) is 0 Å². The van der Waals surface area contributed by atoms with Crippen LogP contribution in [0.5, 0.6) is 0 Å². The van der Waals surface area contributed by atoms with Crippen molar-refractivity contribution >= 4 is 21.8 Å². The minimum Gasteiger partial charge on any atom is -0.309 e. The highest BCUT2D eigenvalue weighted by Crippen LogP contribution is 2.51. The molecule has 1 heterocycles. The lowest BCUT2D eigenvalue weighted by Gasteiger charge is -2.21. The molecule has 1 heteroatoms. The van der Waals surface area contributed by atoms with E-state index in [0.29, 0.717) is 0 Å². The van der Waals surface area contributed by atoms with Crippen molar-refractivity contribution in [3.63, 3.8) is 0 Å². The van der Waals surface area contributed by atoms with E-state index in [-0.39, 0.29) is 10.8 Å². The molecule has 0 amide bonds. The number of hydrogen-bond donors (Lipinski definition) is 0. The number of aromatic nitrogens is 1. The van der Waals surface area contributed by atoms with E-state index in [1.165, 1.54) is 55.3 Å². The molecule has 32 heavy (non-hydrogen) atoms. The van der Waals surface area contributed by atoms with Crippen molar-refractivity contribution in [1.82, 2.24) is 4.57 Å². The molecule has 0 unspecified atom stereocenters. The third-order valence-corrected chi connectivity index (χ3v) is 7.35. The van der Waals surface area contributed by atoms with E-state index in [4.69, 9.17) is 0 Å². The first-order valence-corrected chi connectivity index (χ1v) is 11.6. The van der Waals surface area contributed by atoms with Crippen molar-refractivity contribution in [3.05, 3.63) is 102 Å². The summed E-state index contributed by atoms with van der Waals surface area (Å²) in [5.74, 6) is 0. The normalized spacial score (nSPS) is 14.7. The highest BCUT2D eigenvalue weighted by atomic mass is 15.0. The zero-order valence-corrected chi connectivity index (χ0v) is 19.5. The summed E-state index contributed by atoms with van der Waals surface area (Å²) in [6, 6.07) is 31.6. The van der Waals surface area contributed by atoms with E-state index in [9.17, 15) is 0 Å². The highest BCUT2D eigenvalue weighted by molar-refractivity contribution is 6.11. The molecule has 5 aromatic rings. The number of para-hydroxylation sites is 1. The van der Waals surface area contributed by atoms with Crippen molar-refractivity contribution in [2.75, 3.05) is 0 Å². The van der Waals surface area contributed by atoms with Gasteiger partial charge in [-0.3, -0.25) is 0 Å². The number of fused-ring (bicyclic) bond motifs is 6. The van der Waals surface area contributed by atoms with Crippen LogP contribution in [0, 0.1) is 0 Å². The molecule has 4 aromatic carbocycles. The minimum absolute atomic E-state index is 0.00290. The molecular weight excluding hydrogens is 386 g/mol. The molecule has 0 aliphatic heterocycles. The van der Waals surface area contributed by atoms with Gasteiger partial charge in [0, 0.05) is 21.9 Å². The van der Waals surface area contributed by atoms with E-state index < -0.39 is 0 Å². The number of benzene rings is 4. The number of hydrogen-bond acceptors (Lipinski definition) is 0. The van der Waals surface area contributed by atoms with E-state index in [1.807, 2.05) is 0 Å². The molecule has 1 aliphatic rings. The maximum Gasteiger partial charge on any atom is 0.0547 e. The van der Waals surface area contributed by atoms with Gasteiger partial charge in [-0.15, -0.1) is 0 Å². The van der Waals surface area contributed by atoms with E-state index >= 15 is 0 Å². The predicted molar refractivity (Wildman–Crippen MR) is 137 cm³/mol. The van der Waals surface area contributed by atoms with Crippen LogP contribution >= 0.6 is 0 Å². The monoisotopic (exact) mass is 415 g/mol. The lowest BCUT2D eigenvalue weighted by atomic mass is 9.82. The van der Waals surface area contributed by atoms with Gasteiger partial charge >= 0.3 is 0 Å². The standard InChI is InChI=1S/C31H29N/c1-30(2,3)20-15-16-28-24(17-20)25-18-27-23(22-13-9-10-14-26(22)31(27,4)5)19-29(25)32(28)21-11-7-6-8-12-21/h6-19H,1-5H3. The Hall–Kier alpha value is -3.32. The summed E-state index contributed by atoms with van der Waals surface area (Å²) in [4.78, 5) is 0. The maximum atomic E-state index is 2.47. The SMILES string of the molecule is CC(C)(C)c1ccc2c(c1)c1cc3c(cc1n2-c1ccccc1)-c1ccccc1C3(C)C. The summed E-state index contributed by atoms with van der Waals surface area (Å²) in [6.07, 6.45) is 0. The van der Waals surface area contributed by atoms with Gasteiger partial charge in [0.15, 0.2) is 0 Å². The Kier molecular flexibility index (Phi) is 3.85. The van der Waals surface area contributed by atoms with Crippen LogP contribution in [0.25, 0.3) is 38.6 Å². The van der Waals surface area contributed by atoms with Gasteiger partial charge in [-0.1, -0.05) is 83.1 Å². The molecule has 0 saturated heterocycles. The zero-order chi connectivity index (χ0) is 22.3. The molecule has 0 bridgehead atoms. The van der Waals surface area contributed by atoms with Crippen LogP contribution in [-0.4, -0.2) is 4.57 Å². The molecular formula is C31H29N. The molecule has 1 aromatic heterocycles. The average molecular weight is 416 g/mol. The number of rotatable bonds is 1. The maximum absolute atomic E-state index is 2.47. The summed E-state index contributed by atoms with van der Waals surface area (Å²) >= 11 is 0. The molecule has 0 spiro atoms. The molecule has 0 radical (unpaired) electrons. The van der Waals surface area contributed by atoms with Crippen molar-refractivity contribution in [2.24, 2.45) is 0 Å². The first-order chi connectivity index (χ1) is 15.3. The summed E-state index contributed by atoms with van der Waals surface area (Å²) in [5, 5.41) is 2.68. The van der Waals surface area contributed by atoms with Crippen molar-refractivity contribution in [3.8, 4) is 16.8 Å². The van der Waals surface area contributed by atoms with Crippen LogP contribution in [-0.2, 0) is 10.8 Å². The van der Waals surface area contributed by atoms with E-state index in [0.717, 1.165) is 0 Å². The predicted octanol–water partition coefficient (Wildman–Crippen LogP) is 8.39. The molecule has 1 nitrogen and oxygen atoms in total. The van der Waals surface area contributed by atoms with Crippen LogP contribution in [0.4, 0.5) is 0 Å². The molecule has 0 N–H and O–H groups in total. The van der Waals surface area contributed by atoms with Crippen LogP contribution in [0.1, 0.15) is 51.3 Å². The number of nitrogens with zero attached hydrogens (tertiary/aromatic N) is 1. The Morgan fingerprint density at radius 1 is 0.625 bits per heavy atom. The highest BCUT2D eigenvalue weighted by Gasteiger charge is 2.36. The van der Waals surface area contributed by atoms with Gasteiger partial charge < -0.3 is 4.57 Å². The second kappa shape index (κ2) is 6.36. The fourth-order valence-corrected chi connectivity index (χ4v) is 5.54. The summed E-state index contributed by atoms with van der Waals surface area (Å²) in [7, 11) is 0. The fraction of sp³-hybridized carbons (Fsp3) is 0.226. The van der Waals surface area contributed by atoms with Crippen LogP contribution in [0.15, 0.2) is 84.9 Å². The van der Waals surface area contributed by atoms with Crippen LogP contribution in [0.2, 0.25) is 0 Å². The Morgan fingerprint density at radius 2 is 1.31 bits per heavy atom. The molecule has 0 fully saturated rings. The topological polar surface area (TPSA) is 4.93 Å². The molecule has 0 saturated carbocycles. The Bertz CT molecular complexity index is 1510. The summed E-state index contributed by atoms with van der Waals surface area (Å²) in [5.41, 5.74) is 10.8. The molecule has 158 valence electrons. The minimum atomic E-state index is 0.00290. The van der Waals surface area contributed by atoms with Crippen LogP contribution in [0.3, 0.4) is 0 Å². The third-order valence-electron chi connectivity index (χ3n) is 7.35. The van der Waals surface area contributed by atoms with Gasteiger partial charge in [-0.2, -0.15) is 0 Å². The van der Waals surface area contributed by atoms with Gasteiger partial charge in [0.2, 0.25) is 0 Å². The van der Waals surface area contributed by atoms with Gasteiger partial charge in [0.05, 0.1) is 11.0 Å². The lowest BCUT2D eigenvalue weighted by molar-refractivity contribution is 0.591. The third kappa shape index (κ3) is 2.57. The van der Waals surface area contributed by atoms with Gasteiger partial charge in [-0.25, -0.2) is 0 Å². The quantitative estimate of drug-likeness (QED) is 0.259. The van der Waals surface area contributed by atoms with Crippen LogP contribution < -0.4 is 0 Å². The first kappa shape index (κ1) is 19.4. The Morgan fingerprint density at radius 3 is 2.06 bits per heavy atom. The van der Waals surface area contributed by atoms with Gasteiger partial charge in [-0.05, 0) is 69.6 Å². The molecule has 0 atom stereocenters. The second-order valence-electron chi connectivity index (χ2n) is 10.7. The van der Waals surface area contributed by atoms with Crippen molar-refractivity contribution < 1.29 is 0 Å². The summed E-state index contributed by atoms with van der Waals surface area (Å²) < 4.78 is 2.44. The van der Waals surface area contributed by atoms with Gasteiger partial charge in [0.25, 0.3) is 0 Å². The fourth-order valence-electron chi connectivity index (χ4n) is 5.54. The lowest BCUT2D eigenvalue weighted by Crippen LogP contribution is -2.14. The second-order valence-corrected chi connectivity index (χ2v) is 10.7. The van der Waals surface area contributed by atoms with Crippen molar-refractivity contribution in [2.45, 2.75) is 45.4 Å². The summed E-state index contributed by atoms with van der Waals surface area (Å²) in [6.45, 7) is 11.6. The molecule has 1 aliphatic carbocycles. The Labute approximate surface area is 190 Å². The largest absolute Gasteiger partial charge is 0.309 e. The van der Waals surface area contributed by atoms with Crippen molar-refractivity contribution in [1.29, 1.82) is 0 Å². The first-order valence-electron chi connectivity index (χ1n) is 11.6. The zero-order valence-electron chi connectivity index (χ0n) is 19.5. The van der Waals surface area contributed by atoms with E-state index in [2.05, 4.69) is 124 Å².